The van der Waals surface area contributed by atoms with Gasteiger partial charge >= 0.3 is 0 Å². The van der Waals surface area contributed by atoms with E-state index in [9.17, 15) is 17.6 Å². The Kier molecular flexibility index (Phi) is 3.48. The van der Waals surface area contributed by atoms with Crippen molar-refractivity contribution in [3.05, 3.63) is 29.1 Å². The number of rotatable bonds is 2. The van der Waals surface area contributed by atoms with Crippen LogP contribution in [0.3, 0.4) is 0 Å². The fourth-order valence-electron chi connectivity index (χ4n) is 3.38. The summed E-state index contributed by atoms with van der Waals surface area (Å²) in [5.41, 5.74) is 0.283. The summed E-state index contributed by atoms with van der Waals surface area (Å²) in [4.78, 5) is 13.7. The van der Waals surface area contributed by atoms with Crippen molar-refractivity contribution in [1.82, 2.24) is 4.90 Å². The molecule has 1 heterocycles. The first-order valence-corrected chi connectivity index (χ1v) is 9.14. The van der Waals surface area contributed by atoms with Crippen LogP contribution in [0.1, 0.15) is 35.2 Å². The quantitative estimate of drug-likeness (QED) is 0.783. The predicted molar refractivity (Wildman–Crippen MR) is 76.3 cm³/mol. The van der Waals surface area contributed by atoms with Crippen molar-refractivity contribution in [2.75, 3.05) is 6.54 Å². The van der Waals surface area contributed by atoms with Crippen LogP contribution in [0.2, 0.25) is 0 Å². The average Bonchev–Trinajstić information content (AvgIpc) is 3.01. The van der Waals surface area contributed by atoms with Crippen molar-refractivity contribution in [3.8, 4) is 0 Å². The Morgan fingerprint density at radius 1 is 1.38 bits per heavy atom. The van der Waals surface area contributed by atoms with E-state index in [1.165, 1.54) is 13.0 Å². The highest BCUT2D eigenvalue weighted by molar-refractivity contribution is 8.13. The fourth-order valence-corrected chi connectivity index (χ4v) is 4.36. The molecule has 21 heavy (non-hydrogen) atoms. The van der Waals surface area contributed by atoms with Crippen molar-refractivity contribution in [2.45, 2.75) is 37.1 Å². The zero-order valence-corrected chi connectivity index (χ0v) is 13.0. The molecule has 4 nitrogen and oxygen atoms in total. The highest BCUT2D eigenvalue weighted by atomic mass is 35.7. The monoisotopic (exact) mass is 331 g/mol. The molecule has 2 aliphatic rings. The molecule has 1 amide bonds. The van der Waals surface area contributed by atoms with Crippen LogP contribution in [0.25, 0.3) is 0 Å². The number of fused-ring (bicyclic) bond motifs is 2. The van der Waals surface area contributed by atoms with Crippen LogP contribution in [0, 0.1) is 18.7 Å². The topological polar surface area (TPSA) is 54.5 Å². The summed E-state index contributed by atoms with van der Waals surface area (Å²) in [6.07, 6.45) is 3.13. The Balaban J connectivity index is 1.99. The van der Waals surface area contributed by atoms with Crippen LogP contribution in [-0.2, 0) is 9.05 Å². The zero-order valence-electron chi connectivity index (χ0n) is 11.5. The molecule has 3 rings (SSSR count). The van der Waals surface area contributed by atoms with Gasteiger partial charge in [0.15, 0.2) is 0 Å². The van der Waals surface area contributed by atoms with Gasteiger partial charge in [-0.2, -0.15) is 0 Å². The van der Waals surface area contributed by atoms with E-state index in [2.05, 4.69) is 0 Å². The van der Waals surface area contributed by atoms with Crippen molar-refractivity contribution < 1.29 is 17.6 Å². The van der Waals surface area contributed by atoms with Gasteiger partial charge in [0.05, 0.1) is 0 Å². The largest absolute Gasteiger partial charge is 0.335 e. The van der Waals surface area contributed by atoms with E-state index in [4.69, 9.17) is 10.7 Å². The summed E-state index contributed by atoms with van der Waals surface area (Å²) < 4.78 is 36.7. The van der Waals surface area contributed by atoms with Crippen LogP contribution in [-0.4, -0.2) is 31.8 Å². The number of hydrogen-bond donors (Lipinski definition) is 0. The molecule has 1 aliphatic carbocycles. The average molecular weight is 332 g/mol. The maximum absolute atomic E-state index is 13.9. The molecule has 0 aromatic heterocycles. The van der Waals surface area contributed by atoms with Crippen LogP contribution >= 0.6 is 10.7 Å². The normalized spacial score (nSPS) is 24.6. The molecule has 0 spiro atoms. The number of carbonyl (C=O) groups excluding carboxylic acids is 1. The number of halogens is 2. The van der Waals surface area contributed by atoms with Gasteiger partial charge in [-0.1, -0.05) is 0 Å². The van der Waals surface area contributed by atoms with Gasteiger partial charge in [-0.3, -0.25) is 4.79 Å². The Morgan fingerprint density at radius 2 is 2.10 bits per heavy atom. The smallest absolute Gasteiger partial charge is 0.264 e. The molecule has 2 atom stereocenters. The minimum atomic E-state index is -4.22. The molecule has 1 aliphatic heterocycles. The first-order chi connectivity index (χ1) is 9.77. The molecular formula is C14H15ClFNO3S. The maximum atomic E-state index is 13.9. The number of aryl methyl sites for hydroxylation is 1. The highest BCUT2D eigenvalue weighted by Crippen LogP contribution is 2.38. The van der Waals surface area contributed by atoms with Gasteiger partial charge in [0.2, 0.25) is 0 Å². The molecule has 1 saturated carbocycles. The third-order valence-electron chi connectivity index (χ3n) is 4.40. The Morgan fingerprint density at radius 3 is 2.62 bits per heavy atom. The van der Waals surface area contributed by atoms with Crippen LogP contribution in [0.4, 0.5) is 4.39 Å². The number of likely N-dealkylation sites (tertiary alicyclic amines) is 1. The van der Waals surface area contributed by atoms with Crippen LogP contribution in [0.15, 0.2) is 17.0 Å². The molecule has 114 valence electrons. The van der Waals surface area contributed by atoms with Crippen molar-refractivity contribution in [1.29, 1.82) is 0 Å². The standard InChI is InChI=1S/C14H15ClFNO3S/c1-8-4-10(6-12(13(8)16)21(15,19)20)14(18)17-7-9-2-3-11(17)5-9/h4,6,9,11H,2-3,5,7H2,1H3. The molecule has 2 unspecified atom stereocenters. The molecule has 1 aromatic carbocycles. The van der Waals surface area contributed by atoms with Gasteiger partial charge in [-0.05, 0) is 49.8 Å². The molecule has 1 aromatic rings. The molecule has 7 heteroatoms. The lowest BCUT2D eigenvalue weighted by Crippen LogP contribution is -2.37. The van der Waals surface area contributed by atoms with Gasteiger partial charge in [-0.15, -0.1) is 0 Å². The summed E-state index contributed by atoms with van der Waals surface area (Å²) in [6.45, 7) is 2.12. The van der Waals surface area contributed by atoms with Crippen molar-refractivity contribution in [3.63, 3.8) is 0 Å². The second kappa shape index (κ2) is 4.95. The maximum Gasteiger partial charge on any atom is 0.264 e. The number of amides is 1. The number of hydrogen-bond acceptors (Lipinski definition) is 3. The SMILES string of the molecule is Cc1cc(C(=O)N2CC3CCC2C3)cc(S(=O)(=O)Cl)c1F. The number of benzene rings is 1. The molecule has 2 fully saturated rings. The molecule has 0 radical (unpaired) electrons. The van der Waals surface area contributed by atoms with E-state index in [0.717, 1.165) is 25.3 Å². The lowest BCUT2D eigenvalue weighted by molar-refractivity contribution is 0.0703. The Bertz CT molecular complexity index is 719. The van der Waals surface area contributed by atoms with Gasteiger partial charge in [-0.25, -0.2) is 12.8 Å². The second-order valence-electron chi connectivity index (χ2n) is 5.83. The van der Waals surface area contributed by atoms with E-state index in [1.807, 2.05) is 0 Å². The number of nitrogens with zero attached hydrogens (tertiary/aromatic N) is 1. The van der Waals surface area contributed by atoms with Gasteiger partial charge in [0.25, 0.3) is 15.0 Å². The summed E-state index contributed by atoms with van der Waals surface area (Å²) in [5, 5.41) is 0. The Labute approximate surface area is 127 Å². The first kappa shape index (κ1) is 14.8. The lowest BCUT2D eigenvalue weighted by Gasteiger charge is -2.27. The van der Waals surface area contributed by atoms with Crippen molar-refractivity contribution >= 4 is 25.6 Å². The van der Waals surface area contributed by atoms with E-state index >= 15 is 0 Å². The minimum Gasteiger partial charge on any atom is -0.335 e. The second-order valence-corrected chi connectivity index (χ2v) is 8.37. The first-order valence-electron chi connectivity index (χ1n) is 6.83. The molecule has 2 bridgehead atoms. The summed E-state index contributed by atoms with van der Waals surface area (Å²) in [6, 6.07) is 2.65. The number of piperidine rings is 1. The highest BCUT2D eigenvalue weighted by Gasteiger charge is 2.40. The van der Waals surface area contributed by atoms with Crippen molar-refractivity contribution in [2.24, 2.45) is 5.92 Å². The predicted octanol–water partition coefficient (Wildman–Crippen LogP) is 2.69. The van der Waals surface area contributed by atoms with Gasteiger partial charge in [0.1, 0.15) is 10.7 Å². The number of carbonyl (C=O) groups is 1. The zero-order chi connectivity index (χ0) is 15.4. The van der Waals surface area contributed by atoms with E-state index in [1.54, 1.807) is 4.90 Å². The van der Waals surface area contributed by atoms with E-state index in [-0.39, 0.29) is 23.1 Å². The Hall–Kier alpha value is -1.14. The molecule has 0 N–H and O–H groups in total. The molecular weight excluding hydrogens is 317 g/mol. The molecule has 1 saturated heterocycles. The fraction of sp³-hybridized carbons (Fsp3) is 0.500. The van der Waals surface area contributed by atoms with Crippen LogP contribution < -0.4 is 0 Å². The van der Waals surface area contributed by atoms with E-state index < -0.39 is 19.8 Å². The van der Waals surface area contributed by atoms with Crippen LogP contribution in [0.5, 0.6) is 0 Å². The van der Waals surface area contributed by atoms with Gasteiger partial charge < -0.3 is 4.90 Å². The lowest BCUT2D eigenvalue weighted by atomic mass is 10.1. The van der Waals surface area contributed by atoms with Gasteiger partial charge in [0, 0.05) is 28.8 Å². The third-order valence-corrected chi connectivity index (χ3v) is 5.72. The third kappa shape index (κ3) is 2.55. The summed E-state index contributed by atoms with van der Waals surface area (Å²) in [7, 11) is 1.02. The van der Waals surface area contributed by atoms with E-state index in [0.29, 0.717) is 12.5 Å². The summed E-state index contributed by atoms with van der Waals surface area (Å²) in [5.74, 6) is -0.604. The minimum absolute atomic E-state index is 0.101. The summed E-state index contributed by atoms with van der Waals surface area (Å²) >= 11 is 0.